The summed E-state index contributed by atoms with van der Waals surface area (Å²) in [6, 6.07) is 14.2. The molecule has 0 saturated carbocycles. The number of methoxy groups -OCH3 is 3. The molecule has 2 heterocycles. The van der Waals surface area contributed by atoms with Crippen molar-refractivity contribution in [3.63, 3.8) is 0 Å². The normalized spacial score (nSPS) is 20.3. The highest BCUT2D eigenvalue weighted by Gasteiger charge is 2.33. The van der Waals surface area contributed by atoms with Gasteiger partial charge in [0.1, 0.15) is 0 Å². The van der Waals surface area contributed by atoms with E-state index >= 15 is 0 Å². The summed E-state index contributed by atoms with van der Waals surface area (Å²) in [5, 5.41) is 0. The van der Waals surface area contributed by atoms with Gasteiger partial charge in [0.15, 0.2) is 11.5 Å². The largest absolute Gasteiger partial charge is 0.493 e. The molecule has 0 aliphatic carbocycles. The monoisotopic (exact) mass is 422 g/mol. The van der Waals surface area contributed by atoms with Crippen molar-refractivity contribution in [2.45, 2.75) is 18.9 Å². The van der Waals surface area contributed by atoms with Gasteiger partial charge in [-0.15, -0.1) is 0 Å². The molecule has 0 N–H and O–H groups in total. The van der Waals surface area contributed by atoms with Gasteiger partial charge in [0.25, 0.3) is 5.91 Å². The first-order valence-corrected chi connectivity index (χ1v) is 10.7. The second-order valence-corrected chi connectivity index (χ2v) is 8.08. The van der Waals surface area contributed by atoms with Crippen LogP contribution in [-0.2, 0) is 0 Å². The van der Waals surface area contributed by atoms with Crippen molar-refractivity contribution in [2.75, 3.05) is 47.5 Å². The molecule has 2 aromatic carbocycles. The Kier molecular flexibility index (Phi) is 6.47. The Hall–Kier alpha value is -2.99. The molecule has 164 valence electrons. The lowest BCUT2D eigenvalue weighted by molar-refractivity contribution is 0.0750. The summed E-state index contributed by atoms with van der Waals surface area (Å²) in [5.41, 5.74) is 2.95. The van der Waals surface area contributed by atoms with E-state index in [0.29, 0.717) is 35.4 Å². The van der Waals surface area contributed by atoms with Crippen LogP contribution in [0, 0.1) is 0 Å². The van der Waals surface area contributed by atoms with Crippen molar-refractivity contribution in [3.05, 3.63) is 59.2 Å². The number of carbonyl (C=O) groups excluding carboxylic acids is 1. The number of hydrogen-bond acceptors (Lipinski definition) is 5. The maximum Gasteiger partial charge on any atom is 0.254 e. The van der Waals surface area contributed by atoms with E-state index < -0.39 is 0 Å². The number of hydrogen-bond donors (Lipinski definition) is 0. The van der Waals surface area contributed by atoms with Gasteiger partial charge in [0, 0.05) is 31.2 Å². The van der Waals surface area contributed by atoms with Crippen LogP contribution in [-0.4, -0.2) is 69.3 Å². The summed E-state index contributed by atoms with van der Waals surface area (Å²) < 4.78 is 16.3. The molecule has 1 atom stereocenters. The van der Waals surface area contributed by atoms with E-state index in [0.717, 1.165) is 31.6 Å². The first-order chi connectivity index (χ1) is 15.1. The van der Waals surface area contributed by atoms with E-state index in [1.165, 1.54) is 12.0 Å². The molecule has 2 aliphatic rings. The Balaban J connectivity index is 1.67. The summed E-state index contributed by atoms with van der Waals surface area (Å²) in [5.74, 6) is 1.45. The van der Waals surface area contributed by atoms with Crippen LogP contribution in [0.5, 0.6) is 17.2 Å². The Morgan fingerprint density at radius 2 is 1.71 bits per heavy atom. The van der Waals surface area contributed by atoms with Crippen LogP contribution >= 0.6 is 0 Å². The maximum atomic E-state index is 13.6. The van der Waals surface area contributed by atoms with Crippen molar-refractivity contribution in [2.24, 2.45) is 0 Å². The highest BCUT2D eigenvalue weighted by atomic mass is 16.5. The van der Waals surface area contributed by atoms with Gasteiger partial charge in [0.2, 0.25) is 5.75 Å². The third kappa shape index (κ3) is 4.54. The molecule has 2 saturated heterocycles. The fraction of sp³-hybridized carbons (Fsp3) is 0.400. The van der Waals surface area contributed by atoms with Gasteiger partial charge in [-0.2, -0.15) is 0 Å². The molecule has 2 aliphatic heterocycles. The Bertz CT molecular complexity index is 932. The van der Waals surface area contributed by atoms with E-state index in [4.69, 9.17) is 14.2 Å². The number of fused-ring (bicyclic) bond motifs is 1. The molecular weight excluding hydrogens is 392 g/mol. The molecule has 1 amide bonds. The lowest BCUT2D eigenvalue weighted by atomic mass is 10.1. The highest BCUT2D eigenvalue weighted by Crippen LogP contribution is 2.38. The van der Waals surface area contributed by atoms with Crippen molar-refractivity contribution >= 4 is 12.0 Å². The molecule has 0 bridgehead atoms. The van der Waals surface area contributed by atoms with Crippen LogP contribution < -0.4 is 14.2 Å². The van der Waals surface area contributed by atoms with Crippen molar-refractivity contribution < 1.29 is 19.0 Å². The number of benzene rings is 2. The van der Waals surface area contributed by atoms with E-state index in [1.54, 1.807) is 33.5 Å². The van der Waals surface area contributed by atoms with Crippen LogP contribution in [0.2, 0.25) is 0 Å². The van der Waals surface area contributed by atoms with Crippen LogP contribution in [0.15, 0.2) is 48.0 Å². The van der Waals surface area contributed by atoms with E-state index in [-0.39, 0.29) is 5.91 Å². The molecule has 0 spiro atoms. The first-order valence-electron chi connectivity index (χ1n) is 10.7. The second kappa shape index (κ2) is 9.43. The predicted molar refractivity (Wildman–Crippen MR) is 121 cm³/mol. The summed E-state index contributed by atoms with van der Waals surface area (Å²) >= 11 is 0. The fourth-order valence-electron chi connectivity index (χ4n) is 4.60. The fourth-order valence-corrected chi connectivity index (χ4v) is 4.60. The third-order valence-corrected chi connectivity index (χ3v) is 6.10. The quantitative estimate of drug-likeness (QED) is 0.735. The van der Waals surface area contributed by atoms with Crippen LogP contribution in [0.25, 0.3) is 6.08 Å². The molecule has 6 nitrogen and oxygen atoms in total. The minimum absolute atomic E-state index is 0.0213. The molecule has 4 rings (SSSR count). The van der Waals surface area contributed by atoms with Gasteiger partial charge >= 0.3 is 0 Å². The molecule has 2 aromatic rings. The molecule has 1 unspecified atom stereocenters. The smallest absolute Gasteiger partial charge is 0.254 e. The van der Waals surface area contributed by atoms with Gasteiger partial charge in [-0.1, -0.05) is 36.4 Å². The van der Waals surface area contributed by atoms with Crippen LogP contribution in [0.1, 0.15) is 28.8 Å². The number of ether oxygens (including phenoxy) is 3. The topological polar surface area (TPSA) is 51.2 Å². The lowest BCUT2D eigenvalue weighted by Gasteiger charge is -2.26. The third-order valence-electron chi connectivity index (χ3n) is 6.10. The van der Waals surface area contributed by atoms with Crippen LogP contribution in [0.4, 0.5) is 0 Å². The van der Waals surface area contributed by atoms with Crippen molar-refractivity contribution in [1.29, 1.82) is 0 Å². The minimum Gasteiger partial charge on any atom is -0.493 e. The number of amides is 1. The van der Waals surface area contributed by atoms with E-state index in [9.17, 15) is 4.79 Å². The highest BCUT2D eigenvalue weighted by molar-refractivity contribution is 5.96. The zero-order valence-electron chi connectivity index (χ0n) is 18.5. The van der Waals surface area contributed by atoms with Gasteiger partial charge in [-0.3, -0.25) is 9.69 Å². The molecule has 0 radical (unpaired) electrons. The number of carbonyl (C=O) groups is 1. The minimum atomic E-state index is -0.0213. The second-order valence-electron chi connectivity index (χ2n) is 8.08. The molecule has 6 heteroatoms. The zero-order valence-corrected chi connectivity index (χ0v) is 18.5. The van der Waals surface area contributed by atoms with Crippen molar-refractivity contribution in [3.8, 4) is 17.2 Å². The van der Waals surface area contributed by atoms with Gasteiger partial charge in [-0.05, 0) is 42.7 Å². The first kappa shape index (κ1) is 21.2. The van der Waals surface area contributed by atoms with Gasteiger partial charge in [-0.25, -0.2) is 0 Å². The van der Waals surface area contributed by atoms with Crippen LogP contribution in [0.3, 0.4) is 0 Å². The summed E-state index contributed by atoms with van der Waals surface area (Å²) in [4.78, 5) is 18.1. The maximum absolute atomic E-state index is 13.6. The predicted octanol–water partition coefficient (Wildman–Crippen LogP) is 3.72. The summed E-state index contributed by atoms with van der Waals surface area (Å²) in [6.07, 6.45) is 4.52. The SMILES string of the molecule is COc1cc(C(=O)N2C/C(=C/c3ccccc3)CN3CCCC3C2)cc(OC)c1OC. The van der Waals surface area contributed by atoms with E-state index in [2.05, 4.69) is 23.1 Å². The Morgan fingerprint density at radius 1 is 1.00 bits per heavy atom. The molecule has 31 heavy (non-hydrogen) atoms. The molecule has 2 fully saturated rings. The summed E-state index contributed by atoms with van der Waals surface area (Å²) in [6.45, 7) is 3.32. The zero-order chi connectivity index (χ0) is 21.8. The number of nitrogens with zero attached hydrogens (tertiary/aromatic N) is 2. The summed E-state index contributed by atoms with van der Waals surface area (Å²) in [7, 11) is 4.69. The molecule has 0 aromatic heterocycles. The molecular formula is C25H30N2O4. The van der Waals surface area contributed by atoms with Crippen molar-refractivity contribution in [1.82, 2.24) is 9.80 Å². The van der Waals surface area contributed by atoms with Gasteiger partial charge < -0.3 is 19.1 Å². The Labute approximate surface area is 184 Å². The number of rotatable bonds is 5. The average molecular weight is 423 g/mol. The lowest BCUT2D eigenvalue weighted by Crippen LogP contribution is -2.39. The van der Waals surface area contributed by atoms with E-state index in [1.807, 2.05) is 23.1 Å². The standard InChI is InChI=1S/C25H30N2O4/c1-29-22-13-20(14-23(30-2)24(22)31-3)25(28)27-16-19(12-18-8-5-4-6-9-18)15-26-11-7-10-21(26)17-27/h4-6,8-9,12-14,21H,7,10-11,15-17H2,1-3H3/b19-12+. The average Bonchev–Trinajstić information content (AvgIpc) is 3.16. The Morgan fingerprint density at radius 3 is 2.35 bits per heavy atom. The van der Waals surface area contributed by atoms with Gasteiger partial charge in [0.05, 0.1) is 21.3 Å².